The summed E-state index contributed by atoms with van der Waals surface area (Å²) in [6, 6.07) is 3.48. The number of pyridine rings is 1. The van der Waals surface area contributed by atoms with Crippen molar-refractivity contribution in [1.82, 2.24) is 15.0 Å². The van der Waals surface area contributed by atoms with Crippen molar-refractivity contribution in [1.29, 1.82) is 0 Å². The Hall–Kier alpha value is -2.50. The first kappa shape index (κ1) is 12.9. The third-order valence-electron chi connectivity index (χ3n) is 2.58. The van der Waals surface area contributed by atoms with Crippen molar-refractivity contribution < 1.29 is 4.79 Å². The second-order valence-electron chi connectivity index (χ2n) is 3.92. The third kappa shape index (κ3) is 3.25. The smallest absolute Gasteiger partial charge is 0.255 e. The molecule has 0 aliphatic rings. The standard InChI is InChI=1S/C13H15N5O/c1-3-10-4-9(5-12(14-2)17-10)13(19)18-11-6-15-8-16-7-11/h4-8H,3H2,1-2H3,(H,14,17)(H,18,19). The number of nitrogens with one attached hydrogen (secondary N) is 2. The SMILES string of the molecule is CCc1cc(C(=O)Nc2cncnc2)cc(NC)n1. The third-order valence-corrected chi connectivity index (χ3v) is 2.58. The Bertz CT molecular complexity index is 548. The van der Waals surface area contributed by atoms with E-state index >= 15 is 0 Å². The van der Waals surface area contributed by atoms with E-state index in [0.29, 0.717) is 17.1 Å². The van der Waals surface area contributed by atoms with Gasteiger partial charge in [-0.3, -0.25) is 4.79 Å². The van der Waals surface area contributed by atoms with Gasteiger partial charge in [0, 0.05) is 18.3 Å². The van der Waals surface area contributed by atoms with Gasteiger partial charge in [0.2, 0.25) is 0 Å². The van der Waals surface area contributed by atoms with Crippen LogP contribution in [0.2, 0.25) is 0 Å². The second kappa shape index (κ2) is 5.90. The molecule has 2 rings (SSSR count). The molecular formula is C13H15N5O. The van der Waals surface area contributed by atoms with E-state index in [2.05, 4.69) is 25.6 Å². The van der Waals surface area contributed by atoms with E-state index in [1.54, 1.807) is 31.6 Å². The minimum Gasteiger partial charge on any atom is -0.373 e. The fourth-order valence-corrected chi connectivity index (χ4v) is 1.59. The number of anilines is 2. The molecule has 0 saturated heterocycles. The first-order valence-corrected chi connectivity index (χ1v) is 5.98. The fraction of sp³-hybridized carbons (Fsp3) is 0.231. The highest BCUT2D eigenvalue weighted by molar-refractivity contribution is 6.04. The molecule has 2 aromatic rings. The maximum atomic E-state index is 12.1. The van der Waals surface area contributed by atoms with Gasteiger partial charge in [0.25, 0.3) is 5.91 Å². The van der Waals surface area contributed by atoms with Gasteiger partial charge in [0.05, 0.1) is 18.1 Å². The first-order chi connectivity index (χ1) is 9.22. The maximum absolute atomic E-state index is 12.1. The molecule has 0 saturated carbocycles. The van der Waals surface area contributed by atoms with Crippen LogP contribution in [0.25, 0.3) is 0 Å². The molecule has 19 heavy (non-hydrogen) atoms. The van der Waals surface area contributed by atoms with Gasteiger partial charge < -0.3 is 10.6 Å². The van der Waals surface area contributed by atoms with Crippen molar-refractivity contribution in [3.8, 4) is 0 Å². The fourth-order valence-electron chi connectivity index (χ4n) is 1.59. The summed E-state index contributed by atoms with van der Waals surface area (Å²) in [5, 5.41) is 5.69. The highest BCUT2D eigenvalue weighted by Crippen LogP contribution is 2.13. The molecule has 0 atom stereocenters. The molecule has 6 nitrogen and oxygen atoms in total. The molecule has 0 radical (unpaired) electrons. The van der Waals surface area contributed by atoms with Gasteiger partial charge in [0.1, 0.15) is 12.1 Å². The number of hydrogen-bond acceptors (Lipinski definition) is 5. The van der Waals surface area contributed by atoms with Crippen LogP contribution >= 0.6 is 0 Å². The number of nitrogens with zero attached hydrogens (tertiary/aromatic N) is 3. The van der Waals surface area contributed by atoms with E-state index in [1.807, 2.05) is 6.92 Å². The van der Waals surface area contributed by atoms with Gasteiger partial charge in [-0.25, -0.2) is 15.0 Å². The van der Waals surface area contributed by atoms with E-state index in [0.717, 1.165) is 12.1 Å². The minimum atomic E-state index is -0.205. The number of carbonyl (C=O) groups is 1. The average Bonchev–Trinajstić information content (AvgIpc) is 2.47. The molecule has 0 fully saturated rings. The lowest BCUT2D eigenvalue weighted by Gasteiger charge is -2.08. The number of amides is 1. The molecule has 0 bridgehead atoms. The lowest BCUT2D eigenvalue weighted by Crippen LogP contribution is -2.13. The highest BCUT2D eigenvalue weighted by atomic mass is 16.1. The number of hydrogen-bond donors (Lipinski definition) is 2. The Labute approximate surface area is 111 Å². The molecule has 2 N–H and O–H groups in total. The van der Waals surface area contributed by atoms with Gasteiger partial charge in [-0.2, -0.15) is 0 Å². The molecule has 2 heterocycles. The predicted octanol–water partition coefficient (Wildman–Crippen LogP) is 1.73. The van der Waals surface area contributed by atoms with Crippen molar-refractivity contribution in [2.24, 2.45) is 0 Å². The van der Waals surface area contributed by atoms with Crippen LogP contribution in [0.5, 0.6) is 0 Å². The number of aryl methyl sites for hydroxylation is 1. The quantitative estimate of drug-likeness (QED) is 0.872. The molecule has 1 amide bonds. The molecular weight excluding hydrogens is 242 g/mol. The first-order valence-electron chi connectivity index (χ1n) is 5.98. The normalized spacial score (nSPS) is 10.0. The molecule has 98 valence electrons. The second-order valence-corrected chi connectivity index (χ2v) is 3.92. The van der Waals surface area contributed by atoms with Gasteiger partial charge in [0.15, 0.2) is 0 Å². The molecule has 0 unspecified atom stereocenters. The van der Waals surface area contributed by atoms with Gasteiger partial charge >= 0.3 is 0 Å². The van der Waals surface area contributed by atoms with Crippen LogP contribution < -0.4 is 10.6 Å². The van der Waals surface area contributed by atoms with Crippen LogP contribution in [-0.2, 0) is 6.42 Å². The Morgan fingerprint density at radius 2 is 2.00 bits per heavy atom. The van der Waals surface area contributed by atoms with Gasteiger partial charge in [-0.1, -0.05) is 6.92 Å². The van der Waals surface area contributed by atoms with E-state index in [1.165, 1.54) is 6.33 Å². The zero-order valence-electron chi connectivity index (χ0n) is 10.8. The summed E-state index contributed by atoms with van der Waals surface area (Å²) < 4.78 is 0. The Kier molecular flexibility index (Phi) is 4.02. The van der Waals surface area contributed by atoms with Crippen LogP contribution in [0.3, 0.4) is 0 Å². The van der Waals surface area contributed by atoms with E-state index in [4.69, 9.17) is 0 Å². The summed E-state index contributed by atoms with van der Waals surface area (Å²) in [6.07, 6.45) is 5.28. The summed E-state index contributed by atoms with van der Waals surface area (Å²) in [7, 11) is 1.77. The van der Waals surface area contributed by atoms with Crippen LogP contribution in [0.1, 0.15) is 23.0 Å². The summed E-state index contributed by atoms with van der Waals surface area (Å²) in [5.74, 6) is 0.470. The minimum absolute atomic E-state index is 0.205. The Balaban J connectivity index is 2.23. The average molecular weight is 257 g/mol. The zero-order valence-corrected chi connectivity index (χ0v) is 10.8. The molecule has 0 aliphatic heterocycles. The van der Waals surface area contributed by atoms with Crippen molar-refractivity contribution >= 4 is 17.4 Å². The van der Waals surface area contributed by atoms with Crippen LogP contribution in [0.15, 0.2) is 30.9 Å². The largest absolute Gasteiger partial charge is 0.373 e. The number of carbonyl (C=O) groups excluding carboxylic acids is 1. The highest BCUT2D eigenvalue weighted by Gasteiger charge is 2.09. The van der Waals surface area contributed by atoms with Crippen molar-refractivity contribution in [2.75, 3.05) is 17.7 Å². The van der Waals surface area contributed by atoms with Crippen molar-refractivity contribution in [3.63, 3.8) is 0 Å². The molecule has 0 spiro atoms. The topological polar surface area (TPSA) is 79.8 Å². The molecule has 6 heteroatoms. The summed E-state index contributed by atoms with van der Waals surface area (Å²) in [4.78, 5) is 24.2. The van der Waals surface area contributed by atoms with Gasteiger partial charge in [-0.05, 0) is 18.6 Å². The molecule has 2 aromatic heterocycles. The predicted molar refractivity (Wildman–Crippen MR) is 73.1 cm³/mol. The summed E-state index contributed by atoms with van der Waals surface area (Å²) in [6.45, 7) is 1.99. The Morgan fingerprint density at radius 1 is 1.26 bits per heavy atom. The van der Waals surface area contributed by atoms with E-state index in [9.17, 15) is 4.79 Å². The monoisotopic (exact) mass is 257 g/mol. The van der Waals surface area contributed by atoms with E-state index < -0.39 is 0 Å². The van der Waals surface area contributed by atoms with Gasteiger partial charge in [-0.15, -0.1) is 0 Å². The lowest BCUT2D eigenvalue weighted by molar-refractivity contribution is 0.102. The Morgan fingerprint density at radius 3 is 2.63 bits per heavy atom. The summed E-state index contributed by atoms with van der Waals surface area (Å²) >= 11 is 0. The van der Waals surface area contributed by atoms with Crippen LogP contribution in [-0.4, -0.2) is 27.9 Å². The number of aromatic nitrogens is 3. The number of rotatable bonds is 4. The maximum Gasteiger partial charge on any atom is 0.255 e. The van der Waals surface area contributed by atoms with Crippen molar-refractivity contribution in [2.45, 2.75) is 13.3 Å². The van der Waals surface area contributed by atoms with Crippen LogP contribution in [0.4, 0.5) is 11.5 Å². The summed E-state index contributed by atoms with van der Waals surface area (Å²) in [5.41, 5.74) is 1.98. The lowest BCUT2D eigenvalue weighted by atomic mass is 10.2. The van der Waals surface area contributed by atoms with Crippen molar-refractivity contribution in [3.05, 3.63) is 42.1 Å². The van der Waals surface area contributed by atoms with Crippen LogP contribution in [0, 0.1) is 0 Å². The molecule has 0 aromatic carbocycles. The van der Waals surface area contributed by atoms with E-state index in [-0.39, 0.29) is 5.91 Å². The molecule has 0 aliphatic carbocycles. The zero-order chi connectivity index (χ0) is 13.7.